The lowest BCUT2D eigenvalue weighted by Gasteiger charge is -2.11. The Kier molecular flexibility index (Phi) is 7.05. The van der Waals surface area contributed by atoms with Gasteiger partial charge in [0.25, 0.3) is 0 Å². The maximum Gasteiger partial charge on any atom is 0.157 e. The topological polar surface area (TPSA) is 30.8 Å². The highest BCUT2D eigenvalue weighted by Gasteiger charge is 2.10. The molecule has 4 aromatic rings. The molecule has 0 bridgehead atoms. The third-order valence-electron chi connectivity index (χ3n) is 4.50. The molecule has 0 heterocycles. The molecule has 0 N–H and O–H groups in total. The lowest BCUT2D eigenvalue weighted by Crippen LogP contribution is -1.97. The third-order valence-corrected chi connectivity index (χ3v) is 5.06. The highest BCUT2D eigenvalue weighted by Crippen LogP contribution is 2.34. The molecular formula is C26H18Cl2FNO2. The Bertz CT molecular complexity index is 1190. The zero-order valence-electron chi connectivity index (χ0n) is 16.8. The summed E-state index contributed by atoms with van der Waals surface area (Å²) in [7, 11) is 0. The van der Waals surface area contributed by atoms with Crippen LogP contribution in [0, 0.1) is 5.82 Å². The minimum Gasteiger partial charge on any atom is -0.486 e. The molecule has 160 valence electrons. The van der Waals surface area contributed by atoms with E-state index in [1.807, 2.05) is 54.6 Å². The largest absolute Gasteiger partial charge is 0.486 e. The van der Waals surface area contributed by atoms with E-state index in [0.717, 1.165) is 28.3 Å². The van der Waals surface area contributed by atoms with E-state index in [0.29, 0.717) is 15.8 Å². The van der Waals surface area contributed by atoms with E-state index in [9.17, 15) is 4.39 Å². The van der Waals surface area contributed by atoms with Crippen molar-refractivity contribution < 1.29 is 13.9 Å². The van der Waals surface area contributed by atoms with Crippen LogP contribution in [0.15, 0.2) is 96.0 Å². The normalized spacial score (nSPS) is 11.0. The summed E-state index contributed by atoms with van der Waals surface area (Å²) in [5, 5.41) is 0.736. The fraction of sp³-hybridized carbons (Fsp3) is 0.0385. The number of hydrogen-bond donors (Lipinski definition) is 0. The second-order valence-electron chi connectivity index (χ2n) is 6.90. The average molecular weight is 466 g/mol. The first-order valence-electron chi connectivity index (χ1n) is 9.80. The molecule has 3 nitrogen and oxygen atoms in total. The number of aliphatic imine (C=N–C) groups is 1. The molecule has 0 amide bonds. The van der Waals surface area contributed by atoms with Gasteiger partial charge < -0.3 is 9.47 Å². The summed E-state index contributed by atoms with van der Waals surface area (Å²) < 4.78 is 24.5. The van der Waals surface area contributed by atoms with Crippen LogP contribution in [0.5, 0.6) is 17.2 Å². The van der Waals surface area contributed by atoms with Crippen LogP contribution >= 0.6 is 23.2 Å². The Balaban J connectivity index is 1.41. The van der Waals surface area contributed by atoms with Gasteiger partial charge in [0, 0.05) is 6.21 Å². The van der Waals surface area contributed by atoms with Gasteiger partial charge in [0.2, 0.25) is 0 Å². The first-order chi connectivity index (χ1) is 15.6. The van der Waals surface area contributed by atoms with E-state index in [1.165, 1.54) is 12.1 Å². The summed E-state index contributed by atoms with van der Waals surface area (Å²) in [6.45, 7) is 0.227. The Labute approximate surface area is 195 Å². The summed E-state index contributed by atoms with van der Waals surface area (Å²) >= 11 is 12.7. The maximum absolute atomic E-state index is 13.0. The summed E-state index contributed by atoms with van der Waals surface area (Å²) in [5.41, 5.74) is 2.30. The van der Waals surface area contributed by atoms with Crippen LogP contribution in [-0.4, -0.2) is 6.21 Å². The molecule has 0 fully saturated rings. The standard InChI is InChI=1S/C26H18Cl2FNO2/c27-24-14-19(15-25(28)26(24)31-17-18-6-8-20(29)9-7-18)16-30-21-10-12-23(13-11-21)32-22-4-2-1-3-5-22/h1-16H,17H2. The summed E-state index contributed by atoms with van der Waals surface area (Å²) in [5.74, 6) is 1.57. The number of halogens is 3. The van der Waals surface area contributed by atoms with Crippen molar-refractivity contribution in [3.05, 3.63) is 118 Å². The lowest BCUT2D eigenvalue weighted by molar-refractivity contribution is 0.306. The van der Waals surface area contributed by atoms with Crippen LogP contribution in [-0.2, 0) is 6.61 Å². The molecule has 0 atom stereocenters. The highest BCUT2D eigenvalue weighted by atomic mass is 35.5. The van der Waals surface area contributed by atoms with Crippen LogP contribution in [0.4, 0.5) is 10.1 Å². The molecule has 0 radical (unpaired) electrons. The molecule has 0 saturated heterocycles. The first kappa shape index (κ1) is 21.9. The molecule has 0 saturated carbocycles. The number of ether oxygens (including phenoxy) is 2. The maximum atomic E-state index is 13.0. The fourth-order valence-electron chi connectivity index (χ4n) is 2.90. The number of nitrogens with zero attached hydrogens (tertiary/aromatic N) is 1. The Hall–Kier alpha value is -3.34. The third kappa shape index (κ3) is 5.88. The van der Waals surface area contributed by atoms with E-state index in [1.54, 1.807) is 30.5 Å². The smallest absolute Gasteiger partial charge is 0.157 e. The molecule has 6 heteroatoms. The van der Waals surface area contributed by atoms with Gasteiger partial charge in [-0.05, 0) is 71.8 Å². The molecule has 32 heavy (non-hydrogen) atoms. The molecule has 0 aliphatic rings. The summed E-state index contributed by atoms with van der Waals surface area (Å²) in [6.07, 6.45) is 1.68. The van der Waals surface area contributed by atoms with Crippen LogP contribution in [0.3, 0.4) is 0 Å². The predicted molar refractivity (Wildman–Crippen MR) is 127 cm³/mol. The Morgan fingerprint density at radius 1 is 0.781 bits per heavy atom. The summed E-state index contributed by atoms with van der Waals surface area (Å²) in [4.78, 5) is 4.46. The molecule has 0 unspecified atom stereocenters. The van der Waals surface area contributed by atoms with Crippen molar-refractivity contribution in [2.75, 3.05) is 0 Å². The molecule has 4 rings (SSSR count). The van der Waals surface area contributed by atoms with Crippen molar-refractivity contribution >= 4 is 35.1 Å². The first-order valence-corrected chi connectivity index (χ1v) is 10.6. The molecule has 0 spiro atoms. The van der Waals surface area contributed by atoms with Gasteiger partial charge in [0.1, 0.15) is 23.9 Å². The minimum atomic E-state index is -0.299. The molecule has 0 aromatic heterocycles. The summed E-state index contributed by atoms with van der Waals surface area (Å²) in [6, 6.07) is 26.5. The molecule has 0 aliphatic heterocycles. The minimum absolute atomic E-state index is 0.227. The van der Waals surface area contributed by atoms with Gasteiger partial charge in [-0.2, -0.15) is 0 Å². The molecule has 4 aromatic carbocycles. The van der Waals surface area contributed by atoms with E-state index in [-0.39, 0.29) is 12.4 Å². The van der Waals surface area contributed by atoms with Crippen molar-refractivity contribution in [3.8, 4) is 17.2 Å². The van der Waals surface area contributed by atoms with Gasteiger partial charge in [-0.25, -0.2) is 4.39 Å². The van der Waals surface area contributed by atoms with Gasteiger partial charge in [-0.15, -0.1) is 0 Å². The predicted octanol–water partition coefficient (Wildman–Crippen LogP) is 8.25. The molecular weight excluding hydrogens is 448 g/mol. The Morgan fingerprint density at radius 2 is 1.41 bits per heavy atom. The van der Waals surface area contributed by atoms with Crippen molar-refractivity contribution in [1.29, 1.82) is 0 Å². The lowest BCUT2D eigenvalue weighted by atomic mass is 10.2. The van der Waals surface area contributed by atoms with Crippen LogP contribution in [0.25, 0.3) is 0 Å². The zero-order valence-corrected chi connectivity index (χ0v) is 18.4. The van der Waals surface area contributed by atoms with Crippen LogP contribution < -0.4 is 9.47 Å². The van der Waals surface area contributed by atoms with Crippen molar-refractivity contribution in [2.24, 2.45) is 4.99 Å². The van der Waals surface area contributed by atoms with Crippen LogP contribution in [0.2, 0.25) is 10.0 Å². The van der Waals surface area contributed by atoms with E-state index in [2.05, 4.69) is 4.99 Å². The van der Waals surface area contributed by atoms with Crippen molar-refractivity contribution in [3.63, 3.8) is 0 Å². The van der Waals surface area contributed by atoms with Gasteiger partial charge >= 0.3 is 0 Å². The number of rotatable bonds is 7. The van der Waals surface area contributed by atoms with E-state index in [4.69, 9.17) is 32.7 Å². The second kappa shape index (κ2) is 10.3. The van der Waals surface area contributed by atoms with Gasteiger partial charge in [0.15, 0.2) is 5.75 Å². The van der Waals surface area contributed by atoms with Crippen molar-refractivity contribution in [2.45, 2.75) is 6.61 Å². The number of para-hydroxylation sites is 1. The second-order valence-corrected chi connectivity index (χ2v) is 7.71. The van der Waals surface area contributed by atoms with Gasteiger partial charge in [0.05, 0.1) is 15.7 Å². The quantitative estimate of drug-likeness (QED) is 0.257. The monoisotopic (exact) mass is 465 g/mol. The zero-order chi connectivity index (χ0) is 22.3. The number of hydrogen-bond acceptors (Lipinski definition) is 3. The highest BCUT2D eigenvalue weighted by molar-refractivity contribution is 6.37. The number of benzene rings is 4. The molecule has 0 aliphatic carbocycles. The SMILES string of the molecule is Fc1ccc(COc2c(Cl)cc(C=Nc3ccc(Oc4ccccc4)cc3)cc2Cl)cc1. The van der Waals surface area contributed by atoms with E-state index < -0.39 is 0 Å². The Morgan fingerprint density at radius 3 is 2.06 bits per heavy atom. The average Bonchev–Trinajstić information content (AvgIpc) is 2.80. The van der Waals surface area contributed by atoms with Gasteiger partial charge in [-0.3, -0.25) is 4.99 Å². The van der Waals surface area contributed by atoms with E-state index >= 15 is 0 Å². The van der Waals surface area contributed by atoms with Gasteiger partial charge in [-0.1, -0.05) is 53.5 Å². The fourth-order valence-corrected chi connectivity index (χ4v) is 3.52. The van der Waals surface area contributed by atoms with Crippen LogP contribution in [0.1, 0.15) is 11.1 Å². The van der Waals surface area contributed by atoms with Crippen molar-refractivity contribution in [1.82, 2.24) is 0 Å².